The van der Waals surface area contributed by atoms with Crippen LogP contribution in [0.1, 0.15) is 18.1 Å². The molecule has 1 aromatic heterocycles. The minimum Gasteiger partial charge on any atom is -0.406 e. The highest BCUT2D eigenvalue weighted by Gasteiger charge is 2.31. The Morgan fingerprint density at radius 2 is 2.08 bits per heavy atom. The maximum absolute atomic E-state index is 12.3. The van der Waals surface area contributed by atoms with Crippen LogP contribution in [0.15, 0.2) is 30.6 Å². The minimum absolute atomic E-state index is 0.0151. The number of nitrogens with zero attached hydrogens (tertiary/aromatic N) is 3. The fourth-order valence-corrected chi connectivity index (χ4v) is 2.82. The normalized spacial score (nSPS) is 15.3. The van der Waals surface area contributed by atoms with Gasteiger partial charge in [-0.15, -0.1) is 13.2 Å². The van der Waals surface area contributed by atoms with Gasteiger partial charge in [-0.3, -0.25) is 0 Å². The number of aliphatic hydroxyl groups is 1. The maximum atomic E-state index is 12.3. The number of halogens is 3. The molecule has 2 N–H and O–H groups in total. The standard InChI is InChI=1S/C17H19F3N4O2/c1-11(9-25)23-15-7-16(22-10-21-15)24-5-4-12-6-14(26-17(18,19)20)3-2-13(12)8-24/h2-3,6-7,10-11,25H,4-5,8-9H2,1H3,(H,21,22,23)/t11-/m0/s1. The monoisotopic (exact) mass is 368 g/mol. The van der Waals surface area contributed by atoms with E-state index in [9.17, 15) is 13.2 Å². The maximum Gasteiger partial charge on any atom is 0.573 e. The molecule has 0 unspecified atom stereocenters. The van der Waals surface area contributed by atoms with Crippen LogP contribution in [0.5, 0.6) is 5.75 Å². The molecular weight excluding hydrogens is 349 g/mol. The van der Waals surface area contributed by atoms with Crippen LogP contribution in [0.3, 0.4) is 0 Å². The average molecular weight is 368 g/mol. The van der Waals surface area contributed by atoms with Crippen molar-refractivity contribution in [1.29, 1.82) is 0 Å². The number of alkyl halides is 3. The van der Waals surface area contributed by atoms with Gasteiger partial charge in [0.1, 0.15) is 23.7 Å². The van der Waals surface area contributed by atoms with Crippen molar-refractivity contribution in [3.63, 3.8) is 0 Å². The summed E-state index contributed by atoms with van der Waals surface area (Å²) in [7, 11) is 0. The number of aliphatic hydroxyl groups excluding tert-OH is 1. The first-order valence-electron chi connectivity index (χ1n) is 8.16. The molecule has 0 bridgehead atoms. The Balaban J connectivity index is 1.73. The molecule has 1 aliphatic heterocycles. The molecule has 26 heavy (non-hydrogen) atoms. The van der Waals surface area contributed by atoms with Crippen LogP contribution < -0.4 is 15.0 Å². The van der Waals surface area contributed by atoms with Gasteiger partial charge in [-0.1, -0.05) is 6.07 Å². The Morgan fingerprint density at radius 1 is 1.27 bits per heavy atom. The summed E-state index contributed by atoms with van der Waals surface area (Å²) < 4.78 is 41.0. The lowest BCUT2D eigenvalue weighted by Gasteiger charge is -2.30. The second-order valence-electron chi connectivity index (χ2n) is 6.14. The summed E-state index contributed by atoms with van der Waals surface area (Å²) in [5, 5.41) is 12.2. The van der Waals surface area contributed by atoms with Crippen LogP contribution in [0, 0.1) is 0 Å². The van der Waals surface area contributed by atoms with Gasteiger partial charge in [-0.05, 0) is 36.6 Å². The summed E-state index contributed by atoms with van der Waals surface area (Å²) >= 11 is 0. The van der Waals surface area contributed by atoms with Crippen LogP contribution >= 0.6 is 0 Å². The zero-order valence-corrected chi connectivity index (χ0v) is 14.1. The minimum atomic E-state index is -4.69. The van der Waals surface area contributed by atoms with E-state index in [0.717, 1.165) is 11.1 Å². The van der Waals surface area contributed by atoms with Crippen molar-refractivity contribution in [2.45, 2.75) is 32.3 Å². The van der Waals surface area contributed by atoms with Gasteiger partial charge in [-0.25, -0.2) is 9.97 Å². The van der Waals surface area contributed by atoms with Crippen LogP contribution in [-0.2, 0) is 13.0 Å². The van der Waals surface area contributed by atoms with Crippen molar-refractivity contribution in [1.82, 2.24) is 9.97 Å². The third-order valence-corrected chi connectivity index (χ3v) is 4.07. The van der Waals surface area contributed by atoms with Gasteiger partial charge in [0, 0.05) is 25.2 Å². The number of ether oxygens (including phenoxy) is 1. The van der Waals surface area contributed by atoms with Crippen LogP contribution in [-0.4, -0.2) is 40.6 Å². The first kappa shape index (κ1) is 18.2. The van der Waals surface area contributed by atoms with Crippen molar-refractivity contribution in [2.24, 2.45) is 0 Å². The molecule has 0 fully saturated rings. The van der Waals surface area contributed by atoms with Gasteiger partial charge in [0.15, 0.2) is 0 Å². The highest BCUT2D eigenvalue weighted by Crippen LogP contribution is 2.29. The van der Waals surface area contributed by atoms with E-state index in [1.54, 1.807) is 12.1 Å². The van der Waals surface area contributed by atoms with E-state index < -0.39 is 6.36 Å². The van der Waals surface area contributed by atoms with Crippen LogP contribution in [0.2, 0.25) is 0 Å². The second kappa shape index (κ2) is 7.36. The lowest BCUT2D eigenvalue weighted by atomic mass is 9.99. The number of rotatable bonds is 5. The first-order chi connectivity index (χ1) is 12.3. The molecule has 1 aliphatic rings. The summed E-state index contributed by atoms with van der Waals surface area (Å²) in [6, 6.07) is 6.07. The second-order valence-corrected chi connectivity index (χ2v) is 6.14. The number of aromatic nitrogens is 2. The fourth-order valence-electron chi connectivity index (χ4n) is 2.82. The molecule has 2 aromatic rings. The van der Waals surface area contributed by atoms with Crippen molar-refractivity contribution < 1.29 is 23.0 Å². The number of hydrogen-bond donors (Lipinski definition) is 2. The van der Waals surface area contributed by atoms with E-state index in [1.807, 2.05) is 11.8 Å². The molecule has 1 atom stereocenters. The van der Waals surface area contributed by atoms with Crippen molar-refractivity contribution >= 4 is 11.6 Å². The summed E-state index contributed by atoms with van der Waals surface area (Å²) in [6.07, 6.45) is -2.66. The van der Waals surface area contributed by atoms with Crippen LogP contribution in [0.4, 0.5) is 24.8 Å². The number of benzene rings is 1. The fraction of sp³-hybridized carbons (Fsp3) is 0.412. The molecule has 2 heterocycles. The summed E-state index contributed by atoms with van der Waals surface area (Å²) in [4.78, 5) is 10.4. The lowest BCUT2D eigenvalue weighted by Crippen LogP contribution is -2.31. The molecule has 0 radical (unpaired) electrons. The predicted molar refractivity (Wildman–Crippen MR) is 90.1 cm³/mol. The molecule has 0 saturated heterocycles. The quantitative estimate of drug-likeness (QED) is 0.846. The van der Waals surface area contributed by atoms with Gasteiger partial charge in [0.25, 0.3) is 0 Å². The Labute approximate surface area is 148 Å². The highest BCUT2D eigenvalue weighted by molar-refractivity contribution is 5.51. The van der Waals surface area contributed by atoms with E-state index in [2.05, 4.69) is 20.0 Å². The number of anilines is 2. The molecule has 0 amide bonds. The molecule has 0 spiro atoms. The first-order valence-corrected chi connectivity index (χ1v) is 8.16. The lowest BCUT2D eigenvalue weighted by molar-refractivity contribution is -0.274. The number of nitrogens with one attached hydrogen (secondary N) is 1. The highest BCUT2D eigenvalue weighted by atomic mass is 19.4. The third-order valence-electron chi connectivity index (χ3n) is 4.07. The molecular formula is C17H19F3N4O2. The van der Waals surface area contributed by atoms with E-state index in [0.29, 0.717) is 31.1 Å². The van der Waals surface area contributed by atoms with E-state index >= 15 is 0 Å². The average Bonchev–Trinajstić information content (AvgIpc) is 2.60. The van der Waals surface area contributed by atoms with Crippen molar-refractivity contribution in [3.05, 3.63) is 41.7 Å². The summed E-state index contributed by atoms with van der Waals surface area (Å²) in [6.45, 7) is 2.97. The smallest absolute Gasteiger partial charge is 0.406 e. The molecule has 140 valence electrons. The molecule has 3 rings (SSSR count). The van der Waals surface area contributed by atoms with Crippen LogP contribution in [0.25, 0.3) is 0 Å². The van der Waals surface area contributed by atoms with E-state index in [4.69, 9.17) is 5.11 Å². The Morgan fingerprint density at radius 3 is 2.81 bits per heavy atom. The zero-order valence-electron chi connectivity index (χ0n) is 14.1. The predicted octanol–water partition coefficient (Wildman–Crippen LogP) is 2.73. The van der Waals surface area contributed by atoms with Gasteiger partial charge in [-0.2, -0.15) is 0 Å². The van der Waals surface area contributed by atoms with Crippen molar-refractivity contribution in [3.8, 4) is 5.75 Å². The van der Waals surface area contributed by atoms with Gasteiger partial charge in [0.05, 0.1) is 6.61 Å². The summed E-state index contributed by atoms with van der Waals surface area (Å²) in [5.41, 5.74) is 1.77. The van der Waals surface area contributed by atoms with Gasteiger partial charge in [0.2, 0.25) is 0 Å². The molecule has 0 aliphatic carbocycles. The topological polar surface area (TPSA) is 70.5 Å². The molecule has 6 nitrogen and oxygen atoms in total. The third kappa shape index (κ3) is 4.54. The zero-order chi connectivity index (χ0) is 18.7. The van der Waals surface area contributed by atoms with E-state index in [-0.39, 0.29) is 18.4 Å². The van der Waals surface area contributed by atoms with Gasteiger partial charge >= 0.3 is 6.36 Å². The Kier molecular flexibility index (Phi) is 5.17. The number of fused-ring (bicyclic) bond motifs is 1. The van der Waals surface area contributed by atoms with E-state index in [1.165, 1.54) is 18.5 Å². The Bertz CT molecular complexity index is 770. The molecule has 0 saturated carbocycles. The molecule has 9 heteroatoms. The Hall–Kier alpha value is -2.55. The summed E-state index contributed by atoms with van der Waals surface area (Å²) in [5.74, 6) is 1.13. The number of hydrogen-bond acceptors (Lipinski definition) is 6. The SMILES string of the molecule is C[C@@H](CO)Nc1cc(N2CCc3cc(OC(F)(F)F)ccc3C2)ncn1. The van der Waals surface area contributed by atoms with Crippen molar-refractivity contribution in [2.75, 3.05) is 23.4 Å². The molecule has 1 aromatic carbocycles. The largest absolute Gasteiger partial charge is 0.573 e. The van der Waals surface area contributed by atoms with Gasteiger partial charge < -0.3 is 20.1 Å².